The Labute approximate surface area is 143 Å². The molecule has 24 heavy (non-hydrogen) atoms. The summed E-state index contributed by atoms with van der Waals surface area (Å²) in [5, 5.41) is 15.4. The number of aromatic nitrogens is 2. The van der Waals surface area contributed by atoms with Crippen molar-refractivity contribution in [3.8, 4) is 0 Å². The number of nitrogens with one attached hydrogen (secondary N) is 2. The van der Waals surface area contributed by atoms with Gasteiger partial charge in [-0.25, -0.2) is 9.78 Å². The van der Waals surface area contributed by atoms with Crippen LogP contribution in [-0.4, -0.2) is 33.8 Å². The molecule has 1 unspecified atom stereocenters. The number of nitrogens with zero attached hydrogens (tertiary/aromatic N) is 2. The molecule has 1 saturated heterocycles. The predicted octanol–water partition coefficient (Wildman–Crippen LogP) is 2.30. The number of fused-ring (bicyclic) bond motifs is 1. The summed E-state index contributed by atoms with van der Waals surface area (Å²) in [4.78, 5) is 28.7. The van der Waals surface area contributed by atoms with Gasteiger partial charge in [0.05, 0.1) is 22.0 Å². The van der Waals surface area contributed by atoms with Gasteiger partial charge in [-0.05, 0) is 45.0 Å². The summed E-state index contributed by atoms with van der Waals surface area (Å²) in [6.45, 7) is 3.29. The third kappa shape index (κ3) is 3.09. The van der Waals surface area contributed by atoms with Gasteiger partial charge in [-0.15, -0.1) is 0 Å². The van der Waals surface area contributed by atoms with Gasteiger partial charge in [-0.2, -0.15) is 0 Å². The lowest BCUT2D eigenvalue weighted by Crippen LogP contribution is -2.39. The molecular formula is C16H19ClN4O3. The van der Waals surface area contributed by atoms with Crippen molar-refractivity contribution in [1.29, 1.82) is 0 Å². The van der Waals surface area contributed by atoms with Crippen LogP contribution >= 0.6 is 11.6 Å². The van der Waals surface area contributed by atoms with Crippen LogP contribution in [0.15, 0.2) is 23.0 Å². The zero-order valence-corrected chi connectivity index (χ0v) is 14.0. The minimum Gasteiger partial charge on any atom is -0.465 e. The predicted molar refractivity (Wildman–Crippen MR) is 91.7 cm³/mol. The smallest absolute Gasteiger partial charge is 0.405 e. The molecule has 3 N–H and O–H groups in total. The van der Waals surface area contributed by atoms with Crippen LogP contribution in [0.3, 0.4) is 0 Å². The molecule has 0 aliphatic carbocycles. The number of piperidine rings is 1. The van der Waals surface area contributed by atoms with Crippen molar-refractivity contribution in [2.24, 2.45) is 0 Å². The van der Waals surface area contributed by atoms with Crippen molar-refractivity contribution < 1.29 is 9.90 Å². The Morgan fingerprint density at radius 2 is 2.17 bits per heavy atom. The summed E-state index contributed by atoms with van der Waals surface area (Å²) in [7, 11) is 0. The van der Waals surface area contributed by atoms with Crippen LogP contribution < -0.4 is 16.2 Å². The molecule has 128 valence electrons. The Hall–Kier alpha value is -2.12. The van der Waals surface area contributed by atoms with E-state index in [1.165, 1.54) is 0 Å². The molecule has 2 aromatic rings. The lowest BCUT2D eigenvalue weighted by Gasteiger charge is -2.28. The van der Waals surface area contributed by atoms with E-state index in [-0.39, 0.29) is 11.6 Å². The second kappa shape index (κ2) is 6.78. The fourth-order valence-electron chi connectivity index (χ4n) is 3.19. The average Bonchev–Trinajstić information content (AvgIpc) is 2.54. The second-order valence-corrected chi connectivity index (χ2v) is 6.34. The van der Waals surface area contributed by atoms with Crippen molar-refractivity contribution in [2.75, 3.05) is 13.1 Å². The number of hydrogen-bond donors (Lipinski definition) is 3. The van der Waals surface area contributed by atoms with Gasteiger partial charge >= 0.3 is 6.09 Å². The van der Waals surface area contributed by atoms with E-state index in [1.807, 2.05) is 0 Å². The Balaban J connectivity index is 2.23. The molecular weight excluding hydrogens is 332 g/mol. The van der Waals surface area contributed by atoms with Crippen molar-refractivity contribution in [3.05, 3.63) is 39.4 Å². The molecule has 1 fully saturated rings. The van der Waals surface area contributed by atoms with Crippen LogP contribution in [0.25, 0.3) is 10.9 Å². The Bertz CT molecular complexity index is 830. The molecule has 7 nitrogen and oxygen atoms in total. The SMILES string of the molecule is CC(NC(=O)O)c1nc2cccc(Cl)c2c(=O)n1C1CCNCC1. The van der Waals surface area contributed by atoms with E-state index in [0.717, 1.165) is 25.9 Å². The van der Waals surface area contributed by atoms with Crippen LogP contribution in [0.5, 0.6) is 0 Å². The van der Waals surface area contributed by atoms with E-state index in [1.54, 1.807) is 29.7 Å². The van der Waals surface area contributed by atoms with Gasteiger partial charge in [0.15, 0.2) is 0 Å². The molecule has 3 rings (SSSR count). The first kappa shape index (κ1) is 16.7. The Kier molecular flexibility index (Phi) is 4.73. The molecule has 0 saturated carbocycles. The minimum atomic E-state index is -1.15. The normalized spacial score (nSPS) is 16.9. The number of carboxylic acid groups (broad SMARTS) is 1. The summed E-state index contributed by atoms with van der Waals surface area (Å²) in [6, 6.07) is 4.48. The number of halogens is 1. The first-order valence-corrected chi connectivity index (χ1v) is 8.27. The van der Waals surface area contributed by atoms with Crippen LogP contribution in [-0.2, 0) is 0 Å². The summed E-state index contributed by atoms with van der Waals surface area (Å²) in [5.41, 5.74) is 0.262. The highest BCUT2D eigenvalue weighted by molar-refractivity contribution is 6.35. The van der Waals surface area contributed by atoms with Crippen LogP contribution in [0.1, 0.15) is 37.7 Å². The number of amides is 1. The van der Waals surface area contributed by atoms with E-state index in [4.69, 9.17) is 16.7 Å². The van der Waals surface area contributed by atoms with E-state index >= 15 is 0 Å². The maximum atomic E-state index is 13.1. The fourth-order valence-corrected chi connectivity index (χ4v) is 3.44. The molecule has 0 bridgehead atoms. The summed E-state index contributed by atoms with van der Waals surface area (Å²) < 4.78 is 1.62. The van der Waals surface area contributed by atoms with E-state index in [2.05, 4.69) is 15.6 Å². The maximum Gasteiger partial charge on any atom is 0.405 e. The Morgan fingerprint density at radius 1 is 1.46 bits per heavy atom. The first-order valence-electron chi connectivity index (χ1n) is 7.90. The molecule has 2 heterocycles. The number of hydrogen-bond acceptors (Lipinski definition) is 4. The van der Waals surface area contributed by atoms with Crippen LogP contribution in [0.4, 0.5) is 4.79 Å². The lowest BCUT2D eigenvalue weighted by molar-refractivity contribution is 0.189. The van der Waals surface area contributed by atoms with E-state index in [9.17, 15) is 9.59 Å². The average molecular weight is 351 g/mol. The monoisotopic (exact) mass is 350 g/mol. The van der Waals surface area contributed by atoms with Crippen molar-refractivity contribution >= 4 is 28.6 Å². The van der Waals surface area contributed by atoms with Gasteiger partial charge in [-0.1, -0.05) is 17.7 Å². The molecule has 1 amide bonds. The molecule has 1 aromatic carbocycles. The highest BCUT2D eigenvalue weighted by Crippen LogP contribution is 2.25. The third-order valence-corrected chi connectivity index (χ3v) is 4.62. The standard InChI is InChI=1S/C16H19ClN4O3/c1-9(19-16(23)24)14-20-12-4-2-3-11(17)13(12)15(22)21(14)10-5-7-18-8-6-10/h2-4,9-10,18-19H,5-8H2,1H3,(H,23,24). The summed E-state index contributed by atoms with van der Waals surface area (Å²) in [5.74, 6) is 0.420. The van der Waals surface area contributed by atoms with Gasteiger partial charge in [0.25, 0.3) is 5.56 Å². The molecule has 0 spiro atoms. The van der Waals surface area contributed by atoms with E-state index < -0.39 is 12.1 Å². The van der Waals surface area contributed by atoms with Crippen molar-refractivity contribution in [1.82, 2.24) is 20.2 Å². The van der Waals surface area contributed by atoms with Crippen molar-refractivity contribution in [3.63, 3.8) is 0 Å². The molecule has 8 heteroatoms. The number of benzene rings is 1. The fraction of sp³-hybridized carbons (Fsp3) is 0.438. The number of rotatable bonds is 3. The highest BCUT2D eigenvalue weighted by Gasteiger charge is 2.25. The van der Waals surface area contributed by atoms with Crippen LogP contribution in [0.2, 0.25) is 5.02 Å². The maximum absolute atomic E-state index is 13.1. The second-order valence-electron chi connectivity index (χ2n) is 5.93. The zero-order valence-electron chi connectivity index (χ0n) is 13.3. The third-order valence-electron chi connectivity index (χ3n) is 4.31. The summed E-state index contributed by atoms with van der Waals surface area (Å²) >= 11 is 6.21. The van der Waals surface area contributed by atoms with E-state index in [0.29, 0.717) is 21.7 Å². The van der Waals surface area contributed by atoms with Gasteiger partial charge in [0.2, 0.25) is 0 Å². The van der Waals surface area contributed by atoms with Gasteiger partial charge < -0.3 is 15.7 Å². The highest BCUT2D eigenvalue weighted by atomic mass is 35.5. The zero-order chi connectivity index (χ0) is 17.3. The molecule has 1 aliphatic rings. The summed E-state index contributed by atoms with van der Waals surface area (Å²) in [6.07, 6.45) is 0.411. The number of carbonyl (C=O) groups is 1. The molecule has 0 radical (unpaired) electrons. The first-order chi connectivity index (χ1) is 11.5. The largest absolute Gasteiger partial charge is 0.465 e. The van der Waals surface area contributed by atoms with Crippen molar-refractivity contribution in [2.45, 2.75) is 31.8 Å². The lowest BCUT2D eigenvalue weighted by atomic mass is 10.0. The quantitative estimate of drug-likeness (QED) is 0.789. The minimum absolute atomic E-state index is 0.0278. The van der Waals surface area contributed by atoms with Crippen LogP contribution in [0, 0.1) is 0 Å². The van der Waals surface area contributed by atoms with Gasteiger partial charge in [0.1, 0.15) is 5.82 Å². The Morgan fingerprint density at radius 3 is 2.83 bits per heavy atom. The molecule has 1 atom stereocenters. The van der Waals surface area contributed by atoms with Gasteiger partial charge in [-0.3, -0.25) is 9.36 Å². The topological polar surface area (TPSA) is 96.2 Å². The van der Waals surface area contributed by atoms with Gasteiger partial charge in [0, 0.05) is 6.04 Å². The molecule has 1 aliphatic heterocycles. The molecule has 1 aromatic heterocycles.